The molecule has 2 amide bonds. The Balaban J connectivity index is 1.76. The number of halogens is 1. The number of methoxy groups -OCH3 is 2. The summed E-state index contributed by atoms with van der Waals surface area (Å²) in [5, 5.41) is 8.37. The first-order chi connectivity index (χ1) is 15.9. The fourth-order valence-electron chi connectivity index (χ4n) is 3.28. The number of rotatable bonds is 9. The van der Waals surface area contributed by atoms with Gasteiger partial charge in [0.25, 0.3) is 0 Å². The summed E-state index contributed by atoms with van der Waals surface area (Å²) in [6.07, 6.45) is 0. The first kappa shape index (κ1) is 23.6. The zero-order chi connectivity index (χ0) is 23.8. The Hall–Kier alpha value is -4.07. The molecule has 0 bridgehead atoms. The van der Waals surface area contributed by atoms with Crippen LogP contribution in [-0.4, -0.2) is 32.6 Å². The molecule has 0 heterocycles. The minimum Gasteiger partial charge on any atom is -0.497 e. The van der Waals surface area contributed by atoms with Crippen LogP contribution >= 0.6 is 0 Å². The number of hydrogen-bond donors (Lipinski definition) is 3. The lowest BCUT2D eigenvalue weighted by Gasteiger charge is -2.21. The highest BCUT2D eigenvalue weighted by molar-refractivity contribution is 5.89. The Morgan fingerprint density at radius 2 is 1.42 bits per heavy atom. The van der Waals surface area contributed by atoms with Crippen LogP contribution in [0.15, 0.2) is 66.7 Å². The van der Waals surface area contributed by atoms with E-state index in [4.69, 9.17) is 9.47 Å². The summed E-state index contributed by atoms with van der Waals surface area (Å²) in [5.41, 5.74) is 2.25. The normalized spacial score (nSPS) is 10.5. The molecule has 0 atom stereocenters. The number of nitrogens with one attached hydrogen (secondary N) is 3. The molecule has 0 aromatic heterocycles. The van der Waals surface area contributed by atoms with Gasteiger partial charge >= 0.3 is 0 Å². The summed E-state index contributed by atoms with van der Waals surface area (Å²) in [4.78, 5) is 24.0. The Bertz CT molecular complexity index is 1050. The van der Waals surface area contributed by atoms with Gasteiger partial charge in [0.2, 0.25) is 11.8 Å². The lowest BCUT2D eigenvalue weighted by atomic mass is 9.98. The Labute approximate surface area is 191 Å². The van der Waals surface area contributed by atoms with E-state index in [1.165, 1.54) is 25.1 Å². The molecule has 3 aromatic rings. The number of amides is 2. The topological polar surface area (TPSA) is 88.7 Å². The van der Waals surface area contributed by atoms with E-state index in [-0.39, 0.29) is 24.0 Å². The molecule has 0 radical (unpaired) electrons. The number of hydrogen-bond acceptors (Lipinski definition) is 5. The lowest BCUT2D eigenvalue weighted by molar-refractivity contribution is -0.120. The van der Waals surface area contributed by atoms with Crippen LogP contribution in [0.25, 0.3) is 0 Å². The van der Waals surface area contributed by atoms with Gasteiger partial charge in [-0.2, -0.15) is 0 Å². The van der Waals surface area contributed by atoms with Gasteiger partial charge in [-0.15, -0.1) is 0 Å². The molecule has 33 heavy (non-hydrogen) atoms. The summed E-state index contributed by atoms with van der Waals surface area (Å²) in [6, 6.07) is 18.4. The highest BCUT2D eigenvalue weighted by atomic mass is 19.1. The van der Waals surface area contributed by atoms with Gasteiger partial charge in [-0.25, -0.2) is 4.39 Å². The molecular weight excluding hydrogens is 425 g/mol. The molecule has 0 unspecified atom stereocenters. The van der Waals surface area contributed by atoms with Crippen LogP contribution in [0, 0.1) is 5.82 Å². The first-order valence-electron chi connectivity index (χ1n) is 10.3. The quantitative estimate of drug-likeness (QED) is 0.456. The van der Waals surface area contributed by atoms with Crippen molar-refractivity contribution in [3.63, 3.8) is 0 Å². The largest absolute Gasteiger partial charge is 0.497 e. The average molecular weight is 451 g/mol. The minimum atomic E-state index is -0.529. The van der Waals surface area contributed by atoms with Crippen LogP contribution < -0.4 is 25.4 Å². The van der Waals surface area contributed by atoms with Gasteiger partial charge in [-0.05, 0) is 53.6 Å². The van der Waals surface area contributed by atoms with Crippen molar-refractivity contribution in [2.45, 2.75) is 13.0 Å². The van der Waals surface area contributed by atoms with E-state index < -0.39 is 11.9 Å². The van der Waals surface area contributed by atoms with Gasteiger partial charge in [0.1, 0.15) is 17.3 Å². The standard InChI is InChI=1S/C25H26FN3O4/c1-16(30)28-19-8-13-22(26)23(14-19)27-15-24(31)29-25(17-4-9-20(32-2)10-5-17)18-6-11-21(33-3)12-7-18/h4-14,25,27H,15H2,1-3H3,(H,28,30)(H,29,31). The van der Waals surface area contributed by atoms with E-state index in [9.17, 15) is 14.0 Å². The zero-order valence-corrected chi connectivity index (χ0v) is 18.6. The summed E-state index contributed by atoms with van der Waals surface area (Å²) in [5.74, 6) is 0.270. The number of ether oxygens (including phenoxy) is 2. The highest BCUT2D eigenvalue weighted by Crippen LogP contribution is 2.26. The molecule has 0 spiro atoms. The Kier molecular flexibility index (Phi) is 7.86. The van der Waals surface area contributed by atoms with Crippen LogP contribution in [0.2, 0.25) is 0 Å². The fourth-order valence-corrected chi connectivity index (χ4v) is 3.28. The first-order valence-corrected chi connectivity index (χ1v) is 10.3. The van der Waals surface area contributed by atoms with Gasteiger partial charge in [0, 0.05) is 12.6 Å². The third kappa shape index (κ3) is 6.46. The molecule has 0 aliphatic heterocycles. The van der Waals surface area contributed by atoms with E-state index >= 15 is 0 Å². The van der Waals surface area contributed by atoms with Crippen LogP contribution in [0.3, 0.4) is 0 Å². The third-order valence-corrected chi connectivity index (χ3v) is 4.93. The van der Waals surface area contributed by atoms with E-state index in [0.29, 0.717) is 17.2 Å². The Morgan fingerprint density at radius 1 is 0.879 bits per heavy atom. The van der Waals surface area contributed by atoms with Gasteiger partial charge in [-0.3, -0.25) is 9.59 Å². The molecule has 3 N–H and O–H groups in total. The monoisotopic (exact) mass is 451 g/mol. The maximum atomic E-state index is 14.2. The summed E-state index contributed by atoms with van der Waals surface area (Å²) in [7, 11) is 3.17. The summed E-state index contributed by atoms with van der Waals surface area (Å²) >= 11 is 0. The van der Waals surface area contributed by atoms with Crippen molar-refractivity contribution in [1.29, 1.82) is 0 Å². The third-order valence-electron chi connectivity index (χ3n) is 4.93. The predicted molar refractivity (Wildman–Crippen MR) is 125 cm³/mol. The van der Waals surface area contributed by atoms with Crippen molar-refractivity contribution in [3.8, 4) is 11.5 Å². The molecule has 7 nitrogen and oxygen atoms in total. The fraction of sp³-hybridized carbons (Fsp3) is 0.200. The SMILES string of the molecule is COc1ccc(C(NC(=O)CNc2cc(NC(C)=O)ccc2F)c2ccc(OC)cc2)cc1. The predicted octanol–water partition coefficient (Wildman–Crippen LogP) is 4.12. The number of anilines is 2. The van der Waals surface area contributed by atoms with E-state index in [1.54, 1.807) is 14.2 Å². The number of carbonyl (C=O) groups excluding carboxylic acids is 2. The molecule has 3 rings (SSSR count). The van der Waals surface area contributed by atoms with E-state index in [2.05, 4.69) is 16.0 Å². The molecule has 172 valence electrons. The maximum Gasteiger partial charge on any atom is 0.240 e. The van der Waals surface area contributed by atoms with Gasteiger partial charge in [0.15, 0.2) is 0 Å². The maximum absolute atomic E-state index is 14.2. The zero-order valence-electron chi connectivity index (χ0n) is 18.6. The highest BCUT2D eigenvalue weighted by Gasteiger charge is 2.18. The van der Waals surface area contributed by atoms with Gasteiger partial charge < -0.3 is 25.4 Å². The average Bonchev–Trinajstić information content (AvgIpc) is 2.82. The van der Waals surface area contributed by atoms with Crippen molar-refractivity contribution in [2.75, 3.05) is 31.4 Å². The van der Waals surface area contributed by atoms with Crippen molar-refractivity contribution >= 4 is 23.2 Å². The second-order valence-corrected chi connectivity index (χ2v) is 7.28. The lowest BCUT2D eigenvalue weighted by Crippen LogP contribution is -2.34. The van der Waals surface area contributed by atoms with Crippen LogP contribution in [0.4, 0.5) is 15.8 Å². The van der Waals surface area contributed by atoms with Gasteiger partial charge in [0.05, 0.1) is 32.5 Å². The molecule has 0 aliphatic rings. The Morgan fingerprint density at radius 3 is 1.91 bits per heavy atom. The second kappa shape index (κ2) is 11.0. The number of carbonyl (C=O) groups is 2. The molecular formula is C25H26FN3O4. The van der Waals surface area contributed by atoms with Crippen molar-refractivity contribution < 1.29 is 23.5 Å². The summed E-state index contributed by atoms with van der Waals surface area (Å²) in [6.45, 7) is 1.20. The summed E-state index contributed by atoms with van der Waals surface area (Å²) < 4.78 is 24.6. The molecule has 3 aromatic carbocycles. The van der Waals surface area contributed by atoms with Crippen molar-refractivity contribution in [3.05, 3.63) is 83.7 Å². The van der Waals surface area contributed by atoms with Crippen molar-refractivity contribution in [1.82, 2.24) is 5.32 Å². The minimum absolute atomic E-state index is 0.113. The van der Waals surface area contributed by atoms with Crippen LogP contribution in [-0.2, 0) is 9.59 Å². The smallest absolute Gasteiger partial charge is 0.240 e. The van der Waals surface area contributed by atoms with E-state index in [1.807, 2.05) is 48.5 Å². The molecule has 0 saturated carbocycles. The molecule has 8 heteroatoms. The second-order valence-electron chi connectivity index (χ2n) is 7.28. The van der Waals surface area contributed by atoms with E-state index in [0.717, 1.165) is 11.1 Å². The molecule has 0 saturated heterocycles. The van der Waals surface area contributed by atoms with Gasteiger partial charge in [-0.1, -0.05) is 24.3 Å². The van der Waals surface area contributed by atoms with Crippen LogP contribution in [0.1, 0.15) is 24.1 Å². The molecule has 0 fully saturated rings. The van der Waals surface area contributed by atoms with Crippen LogP contribution in [0.5, 0.6) is 11.5 Å². The number of benzene rings is 3. The van der Waals surface area contributed by atoms with Crippen molar-refractivity contribution in [2.24, 2.45) is 0 Å². The molecule has 0 aliphatic carbocycles.